The summed E-state index contributed by atoms with van der Waals surface area (Å²) < 4.78 is 25.3. The quantitative estimate of drug-likeness (QED) is 0.360. The highest BCUT2D eigenvalue weighted by molar-refractivity contribution is 6.01. The lowest BCUT2D eigenvalue weighted by Gasteiger charge is -2.34. The van der Waals surface area contributed by atoms with E-state index in [9.17, 15) is 18.8 Å². The van der Waals surface area contributed by atoms with E-state index >= 15 is 0 Å². The Morgan fingerprint density at radius 3 is 2.61 bits per heavy atom. The molecule has 9 heteroatoms. The number of halogens is 1. The molecule has 5 rings (SSSR count). The van der Waals surface area contributed by atoms with Gasteiger partial charge in [-0.3, -0.25) is 19.0 Å². The Labute approximate surface area is 206 Å². The summed E-state index contributed by atoms with van der Waals surface area (Å²) in [6.45, 7) is -0.521. The molecule has 0 radical (unpaired) electrons. The van der Waals surface area contributed by atoms with Crippen LogP contribution < -0.4 is 5.56 Å². The second kappa shape index (κ2) is 10.3. The number of carbonyl (C=O) groups is 2. The summed E-state index contributed by atoms with van der Waals surface area (Å²) in [5.41, 5.74) is 1.33. The van der Waals surface area contributed by atoms with E-state index in [0.717, 1.165) is 42.2 Å². The van der Waals surface area contributed by atoms with Crippen molar-refractivity contribution in [3.63, 3.8) is 0 Å². The van der Waals surface area contributed by atoms with Crippen LogP contribution in [0.25, 0.3) is 22.1 Å². The number of aromatic nitrogens is 2. The molecule has 0 atom stereocenters. The number of furan rings is 1. The molecule has 8 nitrogen and oxygen atoms in total. The molecule has 2 heterocycles. The average Bonchev–Trinajstić information content (AvgIpc) is 3.28. The molecule has 1 fully saturated rings. The fourth-order valence-corrected chi connectivity index (χ4v) is 4.74. The van der Waals surface area contributed by atoms with Crippen molar-refractivity contribution in [3.8, 4) is 0 Å². The molecule has 0 unspecified atom stereocenters. The first-order valence-electron chi connectivity index (χ1n) is 12.1. The summed E-state index contributed by atoms with van der Waals surface area (Å²) in [6.07, 6.45) is 6.20. The van der Waals surface area contributed by atoms with Crippen molar-refractivity contribution >= 4 is 33.9 Å². The topological polar surface area (TPSA) is 94.6 Å². The van der Waals surface area contributed by atoms with Gasteiger partial charge in [-0.05, 0) is 42.7 Å². The molecule has 0 N–H and O–H groups in total. The predicted octanol–water partition coefficient (Wildman–Crippen LogP) is 4.19. The third kappa shape index (κ3) is 5.00. The molecule has 0 aliphatic heterocycles. The first-order valence-corrected chi connectivity index (χ1v) is 12.1. The molecule has 2 aromatic heterocycles. The molecule has 4 aromatic rings. The van der Waals surface area contributed by atoms with Gasteiger partial charge in [-0.2, -0.15) is 0 Å². The standard InChI is InChI=1S/C27H26FN3O5/c28-19-12-10-18(11-13-19)14-31(20-6-2-1-3-7-20)23(32)16-35-24(33)15-30-17-29-25-21-8-4-5-9-22(21)36-26(25)27(30)34/h4-5,8-13,17,20H,1-3,6-7,14-16H2. The first-order chi connectivity index (χ1) is 17.5. The number of esters is 1. The Kier molecular flexibility index (Phi) is 6.79. The third-order valence-corrected chi connectivity index (χ3v) is 6.61. The molecule has 36 heavy (non-hydrogen) atoms. The van der Waals surface area contributed by atoms with Gasteiger partial charge in [-0.25, -0.2) is 9.37 Å². The van der Waals surface area contributed by atoms with E-state index < -0.39 is 24.7 Å². The monoisotopic (exact) mass is 491 g/mol. The van der Waals surface area contributed by atoms with Crippen LogP contribution >= 0.6 is 0 Å². The number of fused-ring (bicyclic) bond motifs is 3. The highest BCUT2D eigenvalue weighted by Gasteiger charge is 2.26. The number of hydrogen-bond acceptors (Lipinski definition) is 6. The summed E-state index contributed by atoms with van der Waals surface area (Å²) in [5, 5.41) is 0.717. The minimum absolute atomic E-state index is 0.0392. The van der Waals surface area contributed by atoms with Crippen molar-refractivity contribution in [1.82, 2.24) is 14.5 Å². The molecule has 1 amide bonds. The summed E-state index contributed by atoms with van der Waals surface area (Å²) in [6, 6.07) is 13.2. The van der Waals surface area contributed by atoms with Crippen LogP contribution in [0.1, 0.15) is 37.7 Å². The van der Waals surface area contributed by atoms with Gasteiger partial charge in [0, 0.05) is 18.0 Å². The summed E-state index contributed by atoms with van der Waals surface area (Å²) in [4.78, 5) is 44.4. The number of ether oxygens (including phenoxy) is 1. The van der Waals surface area contributed by atoms with Crippen molar-refractivity contribution < 1.29 is 23.1 Å². The lowest BCUT2D eigenvalue weighted by atomic mass is 9.93. The maximum Gasteiger partial charge on any atom is 0.326 e. The number of hydrogen-bond donors (Lipinski definition) is 0. The molecular formula is C27H26FN3O5. The Morgan fingerprint density at radius 1 is 1.08 bits per heavy atom. The van der Waals surface area contributed by atoms with Crippen molar-refractivity contribution in [3.05, 3.63) is 76.6 Å². The van der Waals surface area contributed by atoms with Crippen LogP contribution in [-0.2, 0) is 27.4 Å². The first kappa shape index (κ1) is 23.7. The Morgan fingerprint density at radius 2 is 1.83 bits per heavy atom. The van der Waals surface area contributed by atoms with Crippen LogP contribution in [0.15, 0.2) is 64.1 Å². The maximum absolute atomic E-state index is 13.3. The van der Waals surface area contributed by atoms with E-state index in [2.05, 4.69) is 4.98 Å². The molecule has 0 bridgehead atoms. The van der Waals surface area contributed by atoms with Crippen LogP contribution in [-0.4, -0.2) is 39.0 Å². The lowest BCUT2D eigenvalue weighted by molar-refractivity contribution is -0.154. The van der Waals surface area contributed by atoms with E-state index in [-0.39, 0.29) is 23.3 Å². The van der Waals surface area contributed by atoms with E-state index in [1.165, 1.54) is 18.5 Å². The number of para-hydroxylation sites is 1. The molecule has 2 aromatic carbocycles. The SMILES string of the molecule is O=C(Cn1cnc2c(oc3ccccc32)c1=O)OCC(=O)N(Cc1ccc(F)cc1)C1CCCCC1. The van der Waals surface area contributed by atoms with Crippen LogP contribution in [0, 0.1) is 5.82 Å². The summed E-state index contributed by atoms with van der Waals surface area (Å²) >= 11 is 0. The van der Waals surface area contributed by atoms with Gasteiger partial charge >= 0.3 is 5.97 Å². The van der Waals surface area contributed by atoms with Gasteiger partial charge < -0.3 is 14.1 Å². The molecule has 1 aliphatic rings. The van der Waals surface area contributed by atoms with Crippen molar-refractivity contribution in [2.24, 2.45) is 0 Å². The zero-order valence-corrected chi connectivity index (χ0v) is 19.7. The minimum atomic E-state index is -0.729. The van der Waals surface area contributed by atoms with Gasteiger partial charge in [0.25, 0.3) is 11.5 Å². The second-order valence-corrected chi connectivity index (χ2v) is 9.05. The van der Waals surface area contributed by atoms with Crippen LogP contribution in [0.4, 0.5) is 4.39 Å². The Balaban J connectivity index is 1.26. The van der Waals surface area contributed by atoms with Gasteiger partial charge in [0.15, 0.2) is 6.61 Å². The largest absolute Gasteiger partial charge is 0.454 e. The summed E-state index contributed by atoms with van der Waals surface area (Å²) in [7, 11) is 0. The minimum Gasteiger partial charge on any atom is -0.454 e. The van der Waals surface area contributed by atoms with Gasteiger partial charge in [0.05, 0.1) is 6.33 Å². The highest BCUT2D eigenvalue weighted by atomic mass is 19.1. The Hall–Kier alpha value is -4.01. The number of carbonyl (C=O) groups excluding carboxylic acids is 2. The number of amides is 1. The van der Waals surface area contributed by atoms with Crippen molar-refractivity contribution in [2.75, 3.05) is 6.61 Å². The van der Waals surface area contributed by atoms with Gasteiger partial charge in [0.2, 0.25) is 5.58 Å². The third-order valence-electron chi connectivity index (χ3n) is 6.61. The number of rotatable bonds is 7. The maximum atomic E-state index is 13.3. The number of nitrogens with zero attached hydrogens (tertiary/aromatic N) is 3. The molecular weight excluding hydrogens is 465 g/mol. The molecule has 0 saturated heterocycles. The van der Waals surface area contributed by atoms with Gasteiger partial charge in [-0.1, -0.05) is 43.5 Å². The predicted molar refractivity (Wildman–Crippen MR) is 131 cm³/mol. The van der Waals surface area contributed by atoms with Crippen molar-refractivity contribution in [2.45, 2.75) is 51.2 Å². The van der Waals surface area contributed by atoms with Crippen LogP contribution in [0.2, 0.25) is 0 Å². The lowest BCUT2D eigenvalue weighted by Crippen LogP contribution is -2.43. The van der Waals surface area contributed by atoms with E-state index in [4.69, 9.17) is 9.15 Å². The number of benzene rings is 2. The molecule has 1 saturated carbocycles. The molecule has 0 spiro atoms. The van der Waals surface area contributed by atoms with Crippen LogP contribution in [0.3, 0.4) is 0 Å². The molecule has 186 valence electrons. The normalized spacial score (nSPS) is 14.2. The average molecular weight is 492 g/mol. The van der Waals surface area contributed by atoms with Gasteiger partial charge in [0.1, 0.15) is 23.5 Å². The van der Waals surface area contributed by atoms with Gasteiger partial charge in [-0.15, -0.1) is 0 Å². The highest BCUT2D eigenvalue weighted by Crippen LogP contribution is 2.25. The van der Waals surface area contributed by atoms with Crippen molar-refractivity contribution in [1.29, 1.82) is 0 Å². The zero-order chi connectivity index (χ0) is 25.1. The van der Waals surface area contributed by atoms with E-state index in [0.29, 0.717) is 23.0 Å². The summed E-state index contributed by atoms with van der Waals surface area (Å²) in [5.74, 6) is -1.39. The smallest absolute Gasteiger partial charge is 0.326 e. The Bertz CT molecular complexity index is 1450. The molecule has 1 aliphatic carbocycles. The fraction of sp³-hybridized carbons (Fsp3) is 0.333. The van der Waals surface area contributed by atoms with Crippen LogP contribution in [0.5, 0.6) is 0 Å². The zero-order valence-electron chi connectivity index (χ0n) is 19.7. The van der Waals surface area contributed by atoms with E-state index in [1.807, 2.05) is 12.1 Å². The fourth-order valence-electron chi connectivity index (χ4n) is 4.74. The second-order valence-electron chi connectivity index (χ2n) is 9.05. The van der Waals surface area contributed by atoms with E-state index in [1.54, 1.807) is 29.2 Å².